The molecule has 2 atom stereocenters. The molecule has 0 radical (unpaired) electrons. The first-order valence-corrected chi connectivity index (χ1v) is 10.6. The molecule has 1 aliphatic heterocycles. The minimum Gasteiger partial charge on any atom is -0.369 e. The van der Waals surface area contributed by atoms with Gasteiger partial charge in [0.25, 0.3) is 0 Å². The van der Waals surface area contributed by atoms with Crippen molar-refractivity contribution >= 4 is 27.5 Å². The van der Waals surface area contributed by atoms with Gasteiger partial charge in [0.05, 0.1) is 19.8 Å². The summed E-state index contributed by atoms with van der Waals surface area (Å²) in [6, 6.07) is 0. The minimum atomic E-state index is -0.135. The molecule has 0 saturated carbocycles. The number of carbonyl (C=O) groups excluding carboxylic acids is 1. The van der Waals surface area contributed by atoms with E-state index < -0.39 is 0 Å². The summed E-state index contributed by atoms with van der Waals surface area (Å²) in [5.41, 5.74) is 0.259. The molecule has 1 aliphatic rings. The van der Waals surface area contributed by atoms with Crippen LogP contribution < -0.4 is 5.32 Å². The molecule has 0 bridgehead atoms. The van der Waals surface area contributed by atoms with Gasteiger partial charge in [0, 0.05) is 11.2 Å². The molecule has 0 aliphatic carbocycles. The monoisotopic (exact) mass is 361 g/mol. The quantitative estimate of drug-likeness (QED) is 0.425. The van der Waals surface area contributed by atoms with Gasteiger partial charge < -0.3 is 14.8 Å². The standard InChI is InChI=1S/C15H25NO3S2.C2H6/c1-12(2)5-4-8-16-14(17)11-18-9-10-19-15-7-6-13(3)20-21-15;1-2/h12-13,15H,6-11H2,1-3H3,(H,16,17);1-2H3. The van der Waals surface area contributed by atoms with Crippen molar-refractivity contribution < 1.29 is 14.3 Å². The van der Waals surface area contributed by atoms with Crippen LogP contribution in [0.5, 0.6) is 0 Å². The molecule has 0 aromatic heterocycles. The Morgan fingerprint density at radius 1 is 1.26 bits per heavy atom. The SMILES string of the molecule is CC.CC(C)C#CCNC(=O)COCCOC1CCC(C)SS1. The Labute approximate surface area is 149 Å². The number of nitrogens with one attached hydrogen (secondary N) is 1. The maximum Gasteiger partial charge on any atom is 0.246 e. The van der Waals surface area contributed by atoms with Crippen molar-refractivity contribution in [2.75, 3.05) is 26.4 Å². The molecule has 134 valence electrons. The number of rotatable bonds is 7. The lowest BCUT2D eigenvalue weighted by molar-refractivity contribution is -0.126. The number of amides is 1. The van der Waals surface area contributed by atoms with E-state index in [0.717, 1.165) is 6.42 Å². The van der Waals surface area contributed by atoms with Gasteiger partial charge in [-0.3, -0.25) is 4.79 Å². The summed E-state index contributed by atoms with van der Waals surface area (Å²) >= 11 is 0. The highest BCUT2D eigenvalue weighted by molar-refractivity contribution is 8.77. The second-order valence-corrected chi connectivity index (χ2v) is 8.06. The Morgan fingerprint density at radius 2 is 2.00 bits per heavy atom. The zero-order chi connectivity index (χ0) is 17.5. The highest BCUT2D eigenvalue weighted by atomic mass is 33.1. The molecular weight excluding hydrogens is 330 g/mol. The van der Waals surface area contributed by atoms with Crippen LogP contribution in [0.25, 0.3) is 0 Å². The van der Waals surface area contributed by atoms with Crippen molar-refractivity contribution in [3.63, 3.8) is 0 Å². The van der Waals surface area contributed by atoms with Crippen LogP contribution in [0.2, 0.25) is 0 Å². The Bertz CT molecular complexity index is 359. The topological polar surface area (TPSA) is 47.6 Å². The minimum absolute atomic E-state index is 0.0658. The van der Waals surface area contributed by atoms with E-state index >= 15 is 0 Å². The molecule has 2 unspecified atom stereocenters. The van der Waals surface area contributed by atoms with Crippen LogP contribution >= 0.6 is 21.6 Å². The van der Waals surface area contributed by atoms with Crippen molar-refractivity contribution in [1.82, 2.24) is 5.32 Å². The van der Waals surface area contributed by atoms with E-state index in [2.05, 4.69) is 24.1 Å². The smallest absolute Gasteiger partial charge is 0.246 e. The van der Waals surface area contributed by atoms with Gasteiger partial charge in [0.15, 0.2) is 0 Å². The summed E-state index contributed by atoms with van der Waals surface area (Å²) in [5.74, 6) is 6.08. The molecule has 1 N–H and O–H groups in total. The first-order valence-electron chi connectivity index (χ1n) is 8.34. The van der Waals surface area contributed by atoms with Crippen molar-refractivity contribution in [3.05, 3.63) is 0 Å². The van der Waals surface area contributed by atoms with E-state index in [0.29, 0.717) is 30.9 Å². The van der Waals surface area contributed by atoms with Crippen molar-refractivity contribution in [3.8, 4) is 11.8 Å². The van der Waals surface area contributed by atoms with Gasteiger partial charge in [-0.25, -0.2) is 0 Å². The third-order valence-electron chi connectivity index (χ3n) is 2.67. The van der Waals surface area contributed by atoms with E-state index in [-0.39, 0.29) is 18.0 Å². The van der Waals surface area contributed by atoms with Crippen LogP contribution in [-0.2, 0) is 14.3 Å². The Morgan fingerprint density at radius 3 is 2.61 bits per heavy atom. The summed E-state index contributed by atoms with van der Waals surface area (Å²) in [6.07, 6.45) is 2.29. The molecule has 1 heterocycles. The summed E-state index contributed by atoms with van der Waals surface area (Å²) < 4.78 is 11.0. The molecule has 0 spiro atoms. The molecule has 6 heteroatoms. The molecule has 1 saturated heterocycles. The van der Waals surface area contributed by atoms with E-state index in [9.17, 15) is 4.79 Å². The van der Waals surface area contributed by atoms with E-state index in [4.69, 9.17) is 9.47 Å². The zero-order valence-corrected chi connectivity index (χ0v) is 16.6. The van der Waals surface area contributed by atoms with Gasteiger partial charge in [-0.15, -0.1) is 0 Å². The van der Waals surface area contributed by atoms with Gasteiger partial charge in [-0.1, -0.05) is 68.0 Å². The Balaban J connectivity index is 0.00000232. The van der Waals surface area contributed by atoms with Gasteiger partial charge >= 0.3 is 0 Å². The lowest BCUT2D eigenvalue weighted by Gasteiger charge is -2.24. The van der Waals surface area contributed by atoms with Gasteiger partial charge in [0.2, 0.25) is 5.91 Å². The van der Waals surface area contributed by atoms with Crippen molar-refractivity contribution in [2.24, 2.45) is 5.92 Å². The molecular formula is C17H31NO3S2. The van der Waals surface area contributed by atoms with E-state index in [1.165, 1.54) is 6.42 Å². The second-order valence-electron chi connectivity index (χ2n) is 5.19. The maximum atomic E-state index is 11.4. The summed E-state index contributed by atoms with van der Waals surface area (Å²) in [5, 5.41) is 3.41. The first kappa shape index (κ1) is 22.6. The maximum absolute atomic E-state index is 11.4. The highest BCUT2D eigenvalue weighted by Crippen LogP contribution is 2.40. The molecule has 1 amide bonds. The van der Waals surface area contributed by atoms with Gasteiger partial charge in [-0.2, -0.15) is 0 Å². The third kappa shape index (κ3) is 13.8. The fourth-order valence-electron chi connectivity index (χ4n) is 1.59. The number of hydrogen-bond acceptors (Lipinski definition) is 5. The van der Waals surface area contributed by atoms with Crippen molar-refractivity contribution in [1.29, 1.82) is 0 Å². The van der Waals surface area contributed by atoms with Crippen LogP contribution in [0, 0.1) is 17.8 Å². The predicted molar refractivity (Wildman–Crippen MR) is 101 cm³/mol. The summed E-state index contributed by atoms with van der Waals surface area (Å²) in [4.78, 5) is 11.4. The number of carbonyl (C=O) groups is 1. The summed E-state index contributed by atoms with van der Waals surface area (Å²) in [7, 11) is 3.68. The molecule has 0 aromatic carbocycles. The zero-order valence-electron chi connectivity index (χ0n) is 15.0. The third-order valence-corrected chi connectivity index (χ3v) is 5.89. The first-order chi connectivity index (χ1) is 11.1. The average molecular weight is 362 g/mol. The molecule has 23 heavy (non-hydrogen) atoms. The van der Waals surface area contributed by atoms with Gasteiger partial charge in [0.1, 0.15) is 12.0 Å². The highest BCUT2D eigenvalue weighted by Gasteiger charge is 2.19. The van der Waals surface area contributed by atoms with Crippen LogP contribution in [0.4, 0.5) is 0 Å². The van der Waals surface area contributed by atoms with Gasteiger partial charge in [-0.05, 0) is 12.8 Å². The Kier molecular flexibility index (Phi) is 15.0. The lowest BCUT2D eigenvalue weighted by Crippen LogP contribution is -2.28. The molecule has 0 aromatic rings. The van der Waals surface area contributed by atoms with Crippen molar-refractivity contribution in [2.45, 2.75) is 58.1 Å². The summed E-state index contributed by atoms with van der Waals surface area (Å²) in [6.45, 7) is 11.7. The van der Waals surface area contributed by atoms with E-state index in [1.54, 1.807) is 10.8 Å². The van der Waals surface area contributed by atoms with Crippen LogP contribution in [0.15, 0.2) is 0 Å². The van der Waals surface area contributed by atoms with Crippen LogP contribution in [0.3, 0.4) is 0 Å². The predicted octanol–water partition coefficient (Wildman–Crippen LogP) is 3.71. The normalized spacial score (nSPS) is 20.1. The number of ether oxygens (including phenoxy) is 2. The molecule has 1 fully saturated rings. The van der Waals surface area contributed by atoms with Crippen LogP contribution in [0.1, 0.15) is 47.5 Å². The second kappa shape index (κ2) is 15.2. The fourth-order valence-corrected chi connectivity index (χ4v) is 4.20. The lowest BCUT2D eigenvalue weighted by atomic mass is 10.2. The molecule has 1 rings (SSSR count). The number of hydrogen-bond donors (Lipinski definition) is 1. The van der Waals surface area contributed by atoms with Crippen LogP contribution in [-0.4, -0.2) is 43.0 Å². The molecule has 4 nitrogen and oxygen atoms in total. The largest absolute Gasteiger partial charge is 0.369 e. The Hall–Kier alpha value is -0.350. The fraction of sp³-hybridized carbons (Fsp3) is 0.824. The average Bonchev–Trinajstić information content (AvgIpc) is 2.55. The van der Waals surface area contributed by atoms with E-state index in [1.807, 2.05) is 38.5 Å².